The Labute approximate surface area is 165 Å². The SMILES string of the molecule is OC(OCC1CCCCCC1)c1ccc2nc(CCl)n(C[C@@H]3CCO3)c2c1. The standard InChI is InChI=1S/C21H29ClN2O3/c22-12-20-23-18-8-7-16(11-19(18)24(20)13-17-9-10-26-17)21(25)27-14-15-5-3-1-2-4-6-15/h7-8,11,15,17,21,25H,1-6,9-10,12-14H2/t17-,21?/m0/s1. The number of imidazole rings is 1. The normalized spacial score (nSPS) is 22.5. The Morgan fingerprint density at radius 3 is 2.67 bits per heavy atom. The first kappa shape index (κ1) is 19.2. The molecule has 2 aromatic rings. The van der Waals surface area contributed by atoms with Gasteiger partial charge in [0.1, 0.15) is 5.82 Å². The minimum Gasteiger partial charge on any atom is -0.376 e. The third kappa shape index (κ3) is 4.48. The molecule has 1 aromatic heterocycles. The Morgan fingerprint density at radius 2 is 2.00 bits per heavy atom. The fraction of sp³-hybridized carbons (Fsp3) is 0.667. The lowest BCUT2D eigenvalue weighted by atomic mass is 10.0. The summed E-state index contributed by atoms with van der Waals surface area (Å²) in [5.74, 6) is 1.76. The molecule has 4 rings (SSSR count). The average molecular weight is 393 g/mol. The van der Waals surface area contributed by atoms with Crippen molar-refractivity contribution in [2.45, 2.75) is 69.8 Å². The molecule has 1 N–H and O–H groups in total. The van der Waals surface area contributed by atoms with Crippen LogP contribution in [0.25, 0.3) is 11.0 Å². The number of hydrogen-bond acceptors (Lipinski definition) is 4. The molecule has 2 aliphatic rings. The highest BCUT2D eigenvalue weighted by atomic mass is 35.5. The van der Waals surface area contributed by atoms with E-state index in [1.54, 1.807) is 0 Å². The minimum atomic E-state index is -0.902. The number of halogens is 1. The van der Waals surface area contributed by atoms with E-state index in [0.29, 0.717) is 18.4 Å². The van der Waals surface area contributed by atoms with Crippen molar-refractivity contribution in [3.05, 3.63) is 29.6 Å². The van der Waals surface area contributed by atoms with Gasteiger partial charge in [-0.15, -0.1) is 11.6 Å². The Balaban J connectivity index is 1.48. The summed E-state index contributed by atoms with van der Waals surface area (Å²) in [5, 5.41) is 10.6. The highest BCUT2D eigenvalue weighted by molar-refractivity contribution is 6.16. The highest BCUT2D eigenvalue weighted by Gasteiger charge is 2.22. The van der Waals surface area contributed by atoms with Gasteiger partial charge in [-0.25, -0.2) is 4.98 Å². The number of aliphatic hydroxyl groups is 1. The molecule has 1 aromatic carbocycles. The van der Waals surface area contributed by atoms with Crippen LogP contribution in [0.5, 0.6) is 0 Å². The van der Waals surface area contributed by atoms with Gasteiger partial charge >= 0.3 is 0 Å². The number of benzene rings is 1. The van der Waals surface area contributed by atoms with Crippen LogP contribution in [0.3, 0.4) is 0 Å². The molecule has 0 amide bonds. The van der Waals surface area contributed by atoms with E-state index in [2.05, 4.69) is 9.55 Å². The summed E-state index contributed by atoms with van der Waals surface area (Å²) in [6, 6.07) is 5.82. The first-order chi connectivity index (χ1) is 13.2. The maximum atomic E-state index is 10.6. The van der Waals surface area contributed by atoms with Crippen LogP contribution in [0, 0.1) is 5.92 Å². The molecule has 1 unspecified atom stereocenters. The smallest absolute Gasteiger partial charge is 0.181 e. The molecule has 1 aliphatic heterocycles. The molecule has 0 bridgehead atoms. The van der Waals surface area contributed by atoms with Crippen molar-refractivity contribution >= 4 is 22.6 Å². The summed E-state index contributed by atoms with van der Waals surface area (Å²) in [6.45, 7) is 2.20. The average Bonchev–Trinajstić information content (AvgIpc) is 2.80. The van der Waals surface area contributed by atoms with Crippen LogP contribution in [0.2, 0.25) is 0 Å². The summed E-state index contributed by atoms with van der Waals surface area (Å²) in [5.41, 5.74) is 2.65. The number of fused-ring (bicyclic) bond motifs is 1. The molecule has 6 heteroatoms. The minimum absolute atomic E-state index is 0.226. The van der Waals surface area contributed by atoms with Crippen molar-refractivity contribution in [2.24, 2.45) is 5.92 Å². The van der Waals surface area contributed by atoms with E-state index in [1.807, 2.05) is 18.2 Å². The van der Waals surface area contributed by atoms with E-state index in [-0.39, 0.29) is 6.10 Å². The van der Waals surface area contributed by atoms with Crippen LogP contribution in [0.1, 0.15) is 62.6 Å². The number of aromatic nitrogens is 2. The zero-order valence-corrected chi connectivity index (χ0v) is 16.5. The van der Waals surface area contributed by atoms with Crippen LogP contribution in [-0.2, 0) is 21.9 Å². The van der Waals surface area contributed by atoms with Gasteiger partial charge in [0.05, 0.1) is 36.2 Å². The lowest BCUT2D eigenvalue weighted by Gasteiger charge is -2.27. The van der Waals surface area contributed by atoms with E-state index < -0.39 is 6.29 Å². The Morgan fingerprint density at radius 1 is 1.22 bits per heavy atom. The number of nitrogens with zero attached hydrogens (tertiary/aromatic N) is 2. The van der Waals surface area contributed by atoms with E-state index in [4.69, 9.17) is 21.1 Å². The third-order valence-electron chi connectivity index (χ3n) is 5.90. The largest absolute Gasteiger partial charge is 0.376 e. The number of rotatable bonds is 7. The zero-order chi connectivity index (χ0) is 18.6. The van der Waals surface area contributed by atoms with Gasteiger partial charge < -0.3 is 19.1 Å². The molecule has 0 radical (unpaired) electrons. The quantitative estimate of drug-likeness (QED) is 0.427. The monoisotopic (exact) mass is 392 g/mol. The summed E-state index contributed by atoms with van der Waals surface area (Å²) in [4.78, 5) is 4.63. The van der Waals surface area contributed by atoms with Crippen LogP contribution >= 0.6 is 11.6 Å². The fourth-order valence-corrected chi connectivity index (χ4v) is 4.34. The van der Waals surface area contributed by atoms with E-state index >= 15 is 0 Å². The van der Waals surface area contributed by atoms with Crippen molar-refractivity contribution in [3.63, 3.8) is 0 Å². The van der Waals surface area contributed by atoms with Crippen molar-refractivity contribution < 1.29 is 14.6 Å². The van der Waals surface area contributed by atoms with Crippen LogP contribution in [-0.4, -0.2) is 34.0 Å². The van der Waals surface area contributed by atoms with Gasteiger partial charge in [-0.05, 0) is 37.3 Å². The van der Waals surface area contributed by atoms with Crippen LogP contribution in [0.15, 0.2) is 18.2 Å². The highest BCUT2D eigenvalue weighted by Crippen LogP contribution is 2.28. The Hall–Kier alpha value is -1.14. The van der Waals surface area contributed by atoms with Crippen LogP contribution in [0.4, 0.5) is 0 Å². The van der Waals surface area contributed by atoms with Gasteiger partial charge in [-0.2, -0.15) is 0 Å². The van der Waals surface area contributed by atoms with Gasteiger partial charge in [-0.3, -0.25) is 0 Å². The second-order valence-corrected chi connectivity index (χ2v) is 8.11. The second kappa shape index (κ2) is 8.91. The predicted octanol–water partition coefficient (Wildman–Crippen LogP) is 4.54. The molecular formula is C21H29ClN2O3. The van der Waals surface area contributed by atoms with Crippen LogP contribution < -0.4 is 0 Å². The van der Waals surface area contributed by atoms with Crippen molar-refractivity contribution in [2.75, 3.05) is 13.2 Å². The van der Waals surface area contributed by atoms with Gasteiger partial charge in [0.15, 0.2) is 6.29 Å². The molecule has 1 saturated carbocycles. The molecular weight excluding hydrogens is 364 g/mol. The van der Waals surface area contributed by atoms with E-state index in [1.165, 1.54) is 38.5 Å². The van der Waals surface area contributed by atoms with Crippen molar-refractivity contribution in [3.8, 4) is 0 Å². The first-order valence-corrected chi connectivity index (χ1v) is 10.7. The van der Waals surface area contributed by atoms with Crippen molar-refractivity contribution in [1.29, 1.82) is 0 Å². The predicted molar refractivity (Wildman–Crippen MR) is 106 cm³/mol. The molecule has 2 atom stereocenters. The molecule has 0 spiro atoms. The van der Waals surface area contributed by atoms with Gasteiger partial charge in [0.2, 0.25) is 0 Å². The number of ether oxygens (including phenoxy) is 2. The molecule has 1 aliphatic carbocycles. The third-order valence-corrected chi connectivity index (χ3v) is 6.14. The summed E-state index contributed by atoms with van der Waals surface area (Å²) in [7, 11) is 0. The molecule has 2 heterocycles. The number of alkyl halides is 1. The van der Waals surface area contributed by atoms with E-state index in [0.717, 1.165) is 42.0 Å². The molecule has 1 saturated heterocycles. The summed E-state index contributed by atoms with van der Waals surface area (Å²) < 4.78 is 13.5. The Kier molecular flexibility index (Phi) is 6.33. The number of aliphatic hydroxyl groups excluding tert-OH is 1. The summed E-state index contributed by atoms with van der Waals surface area (Å²) in [6.07, 6.45) is 8.01. The molecule has 5 nitrogen and oxygen atoms in total. The summed E-state index contributed by atoms with van der Waals surface area (Å²) >= 11 is 6.10. The Bertz CT molecular complexity index is 751. The lowest BCUT2D eigenvalue weighted by molar-refractivity contribution is -0.114. The zero-order valence-electron chi connectivity index (χ0n) is 15.8. The van der Waals surface area contributed by atoms with Gasteiger partial charge in [0.25, 0.3) is 0 Å². The van der Waals surface area contributed by atoms with Gasteiger partial charge in [-0.1, -0.05) is 31.7 Å². The topological polar surface area (TPSA) is 56.5 Å². The molecule has 2 fully saturated rings. The first-order valence-electron chi connectivity index (χ1n) is 10.2. The second-order valence-electron chi connectivity index (χ2n) is 7.85. The fourth-order valence-electron chi connectivity index (χ4n) is 4.14. The van der Waals surface area contributed by atoms with Gasteiger partial charge in [0, 0.05) is 12.2 Å². The number of hydrogen-bond donors (Lipinski definition) is 1. The maximum absolute atomic E-state index is 10.6. The lowest BCUT2D eigenvalue weighted by Crippen LogP contribution is -2.31. The maximum Gasteiger partial charge on any atom is 0.181 e. The van der Waals surface area contributed by atoms with Crippen molar-refractivity contribution in [1.82, 2.24) is 9.55 Å². The van der Waals surface area contributed by atoms with E-state index in [9.17, 15) is 5.11 Å². The molecule has 27 heavy (non-hydrogen) atoms. The molecule has 148 valence electrons.